The molecule has 0 radical (unpaired) electrons. The van der Waals surface area contributed by atoms with Gasteiger partial charge in [0.2, 0.25) is 0 Å². The highest BCUT2D eigenvalue weighted by Crippen LogP contribution is 2.61. The Morgan fingerprint density at radius 1 is 1.67 bits per heavy atom. The van der Waals surface area contributed by atoms with Gasteiger partial charge in [-0.3, -0.25) is 9.09 Å². The van der Waals surface area contributed by atoms with E-state index in [4.69, 9.17) is 47.4 Å². The van der Waals surface area contributed by atoms with E-state index in [-0.39, 0.29) is 18.5 Å². The Morgan fingerprint density at radius 2 is 2.38 bits per heavy atom. The molecule has 0 unspecified atom stereocenters. The summed E-state index contributed by atoms with van der Waals surface area (Å²) in [6, 6.07) is 1.34. The van der Waals surface area contributed by atoms with Crippen molar-refractivity contribution in [3.63, 3.8) is 0 Å². The molecule has 2 saturated heterocycles. The average molecular weight is 400 g/mol. The second-order valence-electron chi connectivity index (χ2n) is 5.67. The van der Waals surface area contributed by atoms with Crippen molar-refractivity contribution in [2.45, 2.75) is 43.5 Å². The second-order valence-corrected chi connectivity index (χ2v) is 9.16. The molecule has 1 aromatic heterocycles. The molecule has 2 fully saturated rings. The lowest BCUT2D eigenvalue weighted by atomic mass is 10.1. The number of fused-ring (bicyclic) bond motifs is 1. The van der Waals surface area contributed by atoms with Crippen LogP contribution < -0.4 is 11.4 Å². The molecule has 134 valence electrons. The molecule has 2 N–H and O–H groups in total. The quantitative estimate of drug-likeness (QED) is 0.605. The third-order valence-electron chi connectivity index (χ3n) is 3.43. The summed E-state index contributed by atoms with van der Waals surface area (Å²) in [5, 5.41) is -2.56. The predicted molar refractivity (Wildman–Crippen MR) is 87.8 cm³/mol. The van der Waals surface area contributed by atoms with Crippen LogP contribution >= 0.6 is 18.3 Å². The van der Waals surface area contributed by atoms with Gasteiger partial charge in [-0.15, -0.1) is 0 Å². The molecule has 0 spiro atoms. The molecule has 2 aliphatic rings. The number of hydrogen-bond acceptors (Lipinski definition) is 8. The van der Waals surface area contributed by atoms with Gasteiger partial charge in [0, 0.05) is 6.20 Å². The number of rotatable bonds is 3. The van der Waals surface area contributed by atoms with Gasteiger partial charge in [0.1, 0.15) is 18.0 Å². The maximum Gasteiger partial charge on any atom is 0.351 e. The van der Waals surface area contributed by atoms with Crippen LogP contribution in [-0.2, 0) is 30.1 Å². The van der Waals surface area contributed by atoms with Crippen molar-refractivity contribution in [3.05, 3.63) is 22.7 Å². The summed E-state index contributed by atoms with van der Waals surface area (Å²) < 4.78 is 38.1. The van der Waals surface area contributed by atoms with Crippen LogP contribution in [0.25, 0.3) is 0 Å². The molecule has 1 aromatic rings. The van der Waals surface area contributed by atoms with Crippen molar-refractivity contribution in [1.82, 2.24) is 9.55 Å². The first-order chi connectivity index (χ1) is 11.1. The third kappa shape index (κ3) is 3.24. The Balaban J connectivity index is 1.90. The Kier molecular flexibility index (Phi) is 4.76. The standard InChI is InChI=1S/C12H16ClFN3O5PS/c1-6(2)21-23(24)19-5-7-9(22-23)12(13,14)10(20-7)17-4-3-8(15)16-11(17)18/h3-4,6-7,9-10H,5H2,1-2H3,(H2,15,16,18)/t7-,9-,10-,12+,23-/m1/s1. The lowest BCUT2D eigenvalue weighted by molar-refractivity contribution is -0.0656. The molecule has 5 atom stereocenters. The number of anilines is 1. The summed E-state index contributed by atoms with van der Waals surface area (Å²) in [6.07, 6.45) is -2.55. The van der Waals surface area contributed by atoms with Crippen molar-refractivity contribution in [2.24, 2.45) is 0 Å². The molecule has 0 bridgehead atoms. The smallest absolute Gasteiger partial charge is 0.351 e. The predicted octanol–water partition coefficient (Wildman–Crippen LogP) is 1.69. The Hall–Kier alpha value is -0.610. The summed E-state index contributed by atoms with van der Waals surface area (Å²) in [5.41, 5.74) is 4.64. The van der Waals surface area contributed by atoms with E-state index in [0.29, 0.717) is 0 Å². The number of nitrogen functional groups attached to an aromatic ring is 1. The summed E-state index contributed by atoms with van der Waals surface area (Å²) in [6.45, 7) is 0.301. The molecule has 0 amide bonds. The summed E-state index contributed by atoms with van der Waals surface area (Å²) in [7, 11) is 0. The van der Waals surface area contributed by atoms with Gasteiger partial charge in [0.15, 0.2) is 6.23 Å². The second kappa shape index (κ2) is 6.28. The number of hydrogen-bond donors (Lipinski definition) is 1. The highest BCUT2D eigenvalue weighted by atomic mass is 35.5. The lowest BCUT2D eigenvalue weighted by Gasteiger charge is -2.35. The van der Waals surface area contributed by atoms with Crippen LogP contribution in [0, 0.1) is 0 Å². The molecule has 2 aliphatic heterocycles. The molecule has 0 saturated carbocycles. The van der Waals surface area contributed by atoms with E-state index in [2.05, 4.69) is 4.98 Å². The molecule has 0 aliphatic carbocycles. The number of nitrogens with zero attached hydrogens (tertiary/aromatic N) is 2. The molecule has 0 aromatic carbocycles. The van der Waals surface area contributed by atoms with E-state index >= 15 is 4.39 Å². The van der Waals surface area contributed by atoms with E-state index in [1.807, 2.05) is 0 Å². The zero-order valence-corrected chi connectivity index (χ0v) is 15.3. The molecule has 12 heteroatoms. The van der Waals surface area contributed by atoms with Gasteiger partial charge in [-0.1, -0.05) is 11.6 Å². The Labute approximate surface area is 147 Å². The minimum Gasteiger partial charge on any atom is -0.383 e. The SMILES string of the molecule is CC(C)O[P@]1(=S)OC[C@H]2O[C@@H](n3ccc(N)nc3=O)[C@](F)(Cl)[C@@H]2O1. The van der Waals surface area contributed by atoms with Crippen LogP contribution in [0.5, 0.6) is 0 Å². The fraction of sp³-hybridized carbons (Fsp3) is 0.667. The van der Waals surface area contributed by atoms with Crippen molar-refractivity contribution in [2.75, 3.05) is 12.3 Å². The monoisotopic (exact) mass is 399 g/mol. The molecular weight excluding hydrogens is 384 g/mol. The van der Waals surface area contributed by atoms with Gasteiger partial charge in [0.25, 0.3) is 5.13 Å². The van der Waals surface area contributed by atoms with E-state index in [9.17, 15) is 4.79 Å². The first-order valence-electron chi connectivity index (χ1n) is 7.12. The molecule has 24 heavy (non-hydrogen) atoms. The van der Waals surface area contributed by atoms with Crippen molar-refractivity contribution < 1.29 is 22.7 Å². The maximum atomic E-state index is 15.2. The van der Waals surface area contributed by atoms with E-state index < -0.39 is 36.0 Å². The third-order valence-corrected chi connectivity index (χ3v) is 6.30. The van der Waals surface area contributed by atoms with Crippen LogP contribution in [0.4, 0.5) is 10.2 Å². The molecule has 3 heterocycles. The van der Waals surface area contributed by atoms with Gasteiger partial charge in [-0.25, -0.2) is 9.18 Å². The van der Waals surface area contributed by atoms with Crippen LogP contribution in [0.1, 0.15) is 20.1 Å². The first-order valence-corrected chi connectivity index (χ1v) is 10.0. The van der Waals surface area contributed by atoms with Crippen LogP contribution in [0.2, 0.25) is 0 Å². The van der Waals surface area contributed by atoms with Crippen molar-refractivity contribution in [3.8, 4) is 0 Å². The van der Waals surface area contributed by atoms with Crippen LogP contribution in [0.3, 0.4) is 0 Å². The summed E-state index contributed by atoms with van der Waals surface area (Å²) in [4.78, 5) is 15.5. The zero-order valence-electron chi connectivity index (χ0n) is 12.8. The normalized spacial score (nSPS) is 39.1. The highest BCUT2D eigenvalue weighted by molar-refractivity contribution is 8.07. The number of ether oxygens (including phenoxy) is 1. The fourth-order valence-electron chi connectivity index (χ4n) is 2.48. The lowest BCUT2D eigenvalue weighted by Crippen LogP contribution is -2.44. The molecular formula is C12H16ClFN3O5PS. The van der Waals surface area contributed by atoms with Crippen LogP contribution in [0.15, 0.2) is 17.1 Å². The van der Waals surface area contributed by atoms with Crippen molar-refractivity contribution >= 4 is 35.9 Å². The van der Waals surface area contributed by atoms with Gasteiger partial charge in [-0.05, 0) is 31.7 Å². The number of nitrogens with two attached hydrogens (primary N) is 1. The summed E-state index contributed by atoms with van der Waals surface area (Å²) in [5.74, 6) is 0.00566. The van der Waals surface area contributed by atoms with E-state index in [1.54, 1.807) is 13.8 Å². The minimum atomic E-state index is -3.15. The number of alkyl halides is 2. The number of aromatic nitrogens is 2. The maximum absolute atomic E-state index is 15.2. The Bertz CT molecular complexity index is 748. The molecule has 8 nitrogen and oxygen atoms in total. The van der Waals surface area contributed by atoms with Gasteiger partial charge < -0.3 is 19.5 Å². The average Bonchev–Trinajstić information content (AvgIpc) is 2.69. The highest BCUT2D eigenvalue weighted by Gasteiger charge is 2.62. The van der Waals surface area contributed by atoms with Gasteiger partial charge in [0.05, 0.1) is 12.7 Å². The van der Waals surface area contributed by atoms with Crippen molar-refractivity contribution in [1.29, 1.82) is 0 Å². The first kappa shape index (κ1) is 18.2. The largest absolute Gasteiger partial charge is 0.383 e. The minimum absolute atomic E-state index is 0.00566. The number of halogens is 2. The van der Waals surface area contributed by atoms with Gasteiger partial charge >= 0.3 is 12.4 Å². The van der Waals surface area contributed by atoms with Crippen LogP contribution in [-0.4, -0.2) is 39.6 Å². The zero-order chi connectivity index (χ0) is 17.7. The van der Waals surface area contributed by atoms with E-state index in [0.717, 1.165) is 4.57 Å². The summed E-state index contributed by atoms with van der Waals surface area (Å²) >= 11 is 11.3. The Morgan fingerprint density at radius 3 is 3.00 bits per heavy atom. The topological polar surface area (TPSA) is 97.8 Å². The van der Waals surface area contributed by atoms with E-state index in [1.165, 1.54) is 12.3 Å². The molecule has 3 rings (SSSR count). The fourth-order valence-corrected chi connectivity index (χ4v) is 5.45. The van der Waals surface area contributed by atoms with Gasteiger partial charge in [-0.2, -0.15) is 4.98 Å².